The van der Waals surface area contributed by atoms with Gasteiger partial charge in [-0.05, 0) is 55.8 Å². The number of anilines is 1. The van der Waals surface area contributed by atoms with E-state index < -0.39 is 33.8 Å². The minimum absolute atomic E-state index is 0.186. The van der Waals surface area contributed by atoms with E-state index in [0.29, 0.717) is 5.56 Å². The van der Waals surface area contributed by atoms with Crippen LogP contribution in [0.3, 0.4) is 0 Å². The molecule has 0 aromatic heterocycles. The van der Waals surface area contributed by atoms with Crippen LogP contribution in [-0.4, -0.2) is 26.6 Å². The lowest BCUT2D eigenvalue weighted by atomic mass is 10.1. The Kier molecular flexibility index (Phi) is 5.97. The summed E-state index contributed by atoms with van der Waals surface area (Å²) in [4.78, 5) is 12.6. The van der Waals surface area contributed by atoms with E-state index in [1.54, 1.807) is 19.1 Å². The number of halogens is 2. The number of hydrogen-bond acceptors (Lipinski definition) is 3. The zero-order valence-corrected chi connectivity index (χ0v) is 15.4. The summed E-state index contributed by atoms with van der Waals surface area (Å²) in [5.74, 6) is -1.43. The van der Waals surface area contributed by atoms with Crippen LogP contribution in [0.25, 0.3) is 0 Å². The predicted octanol–water partition coefficient (Wildman–Crippen LogP) is 3.00. The molecule has 0 unspecified atom stereocenters. The standard InChI is InChI=1S/C18H20F2N2O3S/c1-12(14-4-6-15(19)7-5-14)21-18(23)13(2)22(26(3,24)25)17-10-8-16(20)9-11-17/h4-13H,1-3H3,(H,21,23)/t12-,13+/m0/s1. The highest BCUT2D eigenvalue weighted by Gasteiger charge is 2.29. The van der Waals surface area contributed by atoms with E-state index in [2.05, 4.69) is 5.32 Å². The Labute approximate surface area is 151 Å². The summed E-state index contributed by atoms with van der Waals surface area (Å²) in [5.41, 5.74) is 0.866. The highest BCUT2D eigenvalue weighted by atomic mass is 32.2. The Bertz CT molecular complexity index is 868. The third-order valence-corrected chi connectivity index (χ3v) is 5.14. The van der Waals surface area contributed by atoms with Crippen molar-refractivity contribution in [3.8, 4) is 0 Å². The van der Waals surface area contributed by atoms with Crippen molar-refractivity contribution in [2.24, 2.45) is 0 Å². The molecule has 2 aromatic rings. The largest absolute Gasteiger partial charge is 0.348 e. The second kappa shape index (κ2) is 7.82. The summed E-state index contributed by atoms with van der Waals surface area (Å²) < 4.78 is 51.4. The van der Waals surface area contributed by atoms with Gasteiger partial charge < -0.3 is 5.32 Å². The first-order chi connectivity index (χ1) is 12.1. The number of nitrogens with one attached hydrogen (secondary N) is 1. The third-order valence-electron chi connectivity index (χ3n) is 3.90. The van der Waals surface area contributed by atoms with Crippen molar-refractivity contribution in [1.82, 2.24) is 5.32 Å². The van der Waals surface area contributed by atoms with Crippen LogP contribution in [0.15, 0.2) is 48.5 Å². The monoisotopic (exact) mass is 382 g/mol. The molecule has 2 rings (SSSR count). The fourth-order valence-electron chi connectivity index (χ4n) is 2.57. The van der Waals surface area contributed by atoms with Gasteiger partial charge in [-0.15, -0.1) is 0 Å². The van der Waals surface area contributed by atoms with Gasteiger partial charge in [0.05, 0.1) is 18.0 Å². The Morgan fingerprint density at radius 3 is 1.88 bits per heavy atom. The van der Waals surface area contributed by atoms with E-state index in [0.717, 1.165) is 22.7 Å². The van der Waals surface area contributed by atoms with Crippen molar-refractivity contribution >= 4 is 21.6 Å². The van der Waals surface area contributed by atoms with Gasteiger partial charge in [-0.25, -0.2) is 17.2 Å². The fraction of sp³-hybridized carbons (Fsp3) is 0.278. The summed E-state index contributed by atoms with van der Waals surface area (Å²) in [6.07, 6.45) is 0.976. The summed E-state index contributed by atoms with van der Waals surface area (Å²) in [7, 11) is -3.78. The molecule has 0 radical (unpaired) electrons. The van der Waals surface area contributed by atoms with E-state index in [4.69, 9.17) is 0 Å². The molecule has 0 bridgehead atoms. The van der Waals surface area contributed by atoms with E-state index in [1.165, 1.54) is 31.2 Å². The second-order valence-corrected chi connectivity index (χ2v) is 7.85. The molecule has 8 heteroatoms. The zero-order valence-electron chi connectivity index (χ0n) is 14.6. The first-order valence-electron chi connectivity index (χ1n) is 7.90. The smallest absolute Gasteiger partial charge is 0.244 e. The highest BCUT2D eigenvalue weighted by molar-refractivity contribution is 7.92. The second-order valence-electron chi connectivity index (χ2n) is 5.99. The summed E-state index contributed by atoms with van der Waals surface area (Å²) in [5, 5.41) is 2.71. The Balaban J connectivity index is 2.22. The number of nitrogens with zero attached hydrogens (tertiary/aromatic N) is 1. The molecule has 0 spiro atoms. The topological polar surface area (TPSA) is 66.5 Å². The molecule has 0 saturated heterocycles. The van der Waals surface area contributed by atoms with Crippen LogP contribution in [0.1, 0.15) is 25.5 Å². The van der Waals surface area contributed by atoms with Gasteiger partial charge in [0.2, 0.25) is 15.9 Å². The van der Waals surface area contributed by atoms with Gasteiger partial charge in [-0.3, -0.25) is 9.10 Å². The molecule has 0 aliphatic heterocycles. The van der Waals surface area contributed by atoms with Crippen LogP contribution in [-0.2, 0) is 14.8 Å². The molecule has 0 aliphatic rings. The zero-order chi connectivity index (χ0) is 19.5. The van der Waals surface area contributed by atoms with Crippen molar-refractivity contribution in [1.29, 1.82) is 0 Å². The normalized spacial score (nSPS) is 13.7. The number of rotatable bonds is 6. The summed E-state index contributed by atoms with van der Waals surface area (Å²) in [6.45, 7) is 3.15. The minimum atomic E-state index is -3.78. The number of hydrogen-bond donors (Lipinski definition) is 1. The van der Waals surface area contributed by atoms with E-state index in [9.17, 15) is 22.0 Å². The molecule has 26 heavy (non-hydrogen) atoms. The first-order valence-corrected chi connectivity index (χ1v) is 9.75. The van der Waals surface area contributed by atoms with Crippen molar-refractivity contribution < 1.29 is 22.0 Å². The number of benzene rings is 2. The van der Waals surface area contributed by atoms with Gasteiger partial charge in [0.15, 0.2) is 0 Å². The van der Waals surface area contributed by atoms with Gasteiger partial charge in [0.1, 0.15) is 17.7 Å². The van der Waals surface area contributed by atoms with Gasteiger partial charge >= 0.3 is 0 Å². The van der Waals surface area contributed by atoms with Crippen LogP contribution >= 0.6 is 0 Å². The minimum Gasteiger partial charge on any atom is -0.348 e. The van der Waals surface area contributed by atoms with Crippen molar-refractivity contribution in [2.45, 2.75) is 25.9 Å². The molecular weight excluding hydrogens is 362 g/mol. The molecule has 0 heterocycles. The molecule has 2 aromatic carbocycles. The summed E-state index contributed by atoms with van der Waals surface area (Å²) >= 11 is 0. The molecule has 0 aliphatic carbocycles. The van der Waals surface area contributed by atoms with Crippen molar-refractivity contribution in [3.05, 3.63) is 65.7 Å². The lowest BCUT2D eigenvalue weighted by molar-refractivity contribution is -0.122. The van der Waals surface area contributed by atoms with E-state index >= 15 is 0 Å². The number of carbonyl (C=O) groups excluding carboxylic acids is 1. The Morgan fingerprint density at radius 1 is 0.962 bits per heavy atom. The molecule has 140 valence electrons. The van der Waals surface area contributed by atoms with E-state index in [-0.39, 0.29) is 11.5 Å². The average molecular weight is 382 g/mol. The van der Waals surface area contributed by atoms with Gasteiger partial charge in [0.25, 0.3) is 0 Å². The Morgan fingerprint density at radius 2 is 1.42 bits per heavy atom. The van der Waals surface area contributed by atoms with Crippen LogP contribution in [0.5, 0.6) is 0 Å². The van der Waals surface area contributed by atoms with Crippen molar-refractivity contribution in [3.63, 3.8) is 0 Å². The van der Waals surface area contributed by atoms with Gasteiger partial charge in [-0.2, -0.15) is 0 Å². The van der Waals surface area contributed by atoms with Crippen LogP contribution in [0.4, 0.5) is 14.5 Å². The maximum atomic E-state index is 13.1. The molecule has 1 N–H and O–H groups in total. The van der Waals surface area contributed by atoms with Crippen LogP contribution in [0, 0.1) is 11.6 Å². The molecule has 2 atom stereocenters. The molecule has 0 fully saturated rings. The molecule has 1 amide bonds. The molecule has 5 nitrogen and oxygen atoms in total. The summed E-state index contributed by atoms with van der Waals surface area (Å²) in [6, 6.07) is 8.98. The molecular formula is C18H20F2N2O3S. The van der Waals surface area contributed by atoms with Crippen LogP contribution in [0.2, 0.25) is 0 Å². The maximum absolute atomic E-state index is 13.1. The SMILES string of the molecule is C[C@H](NC(=O)[C@@H](C)N(c1ccc(F)cc1)S(C)(=O)=O)c1ccc(F)cc1. The lowest BCUT2D eigenvalue weighted by Gasteiger charge is -2.29. The number of amides is 1. The van der Waals surface area contributed by atoms with Crippen LogP contribution < -0.4 is 9.62 Å². The number of carbonyl (C=O) groups is 1. The maximum Gasteiger partial charge on any atom is 0.244 e. The first kappa shape index (κ1) is 19.8. The molecule has 0 saturated carbocycles. The number of sulfonamides is 1. The van der Waals surface area contributed by atoms with E-state index in [1.807, 2.05) is 0 Å². The quantitative estimate of drug-likeness (QED) is 0.835. The lowest BCUT2D eigenvalue weighted by Crippen LogP contribution is -2.48. The highest BCUT2D eigenvalue weighted by Crippen LogP contribution is 2.22. The van der Waals surface area contributed by atoms with Gasteiger partial charge in [-0.1, -0.05) is 12.1 Å². The van der Waals surface area contributed by atoms with Gasteiger partial charge in [0, 0.05) is 0 Å². The average Bonchev–Trinajstić information content (AvgIpc) is 2.56. The fourth-order valence-corrected chi connectivity index (χ4v) is 3.74. The van der Waals surface area contributed by atoms with Crippen molar-refractivity contribution in [2.75, 3.05) is 10.6 Å². The predicted molar refractivity (Wildman–Crippen MR) is 96.1 cm³/mol. The Hall–Kier alpha value is -2.48. The third kappa shape index (κ3) is 4.78.